The van der Waals surface area contributed by atoms with Gasteiger partial charge >= 0.3 is 0 Å². The summed E-state index contributed by atoms with van der Waals surface area (Å²) in [5.41, 5.74) is 1.95. The molecule has 0 N–H and O–H groups in total. The number of amides is 2. The number of allylic oxidation sites excluding steroid dienone is 1. The fraction of sp³-hybridized carbons (Fsp3) is 0.324. The van der Waals surface area contributed by atoms with Crippen molar-refractivity contribution < 1.29 is 14.4 Å². The summed E-state index contributed by atoms with van der Waals surface area (Å²) >= 11 is 0. The highest BCUT2D eigenvalue weighted by Gasteiger charge is 2.27. The number of anilines is 2. The Bertz CT molecular complexity index is 1970. The molecule has 236 valence electrons. The molecule has 2 aliphatic heterocycles. The highest BCUT2D eigenvalue weighted by Crippen LogP contribution is 2.25. The number of carbonyl (C=O) groups excluding carboxylic acids is 3. The molecule has 0 spiro atoms. The number of hydrogen-bond acceptors (Lipinski definition) is 7. The second-order valence-electron chi connectivity index (χ2n) is 11.8. The van der Waals surface area contributed by atoms with E-state index in [0.29, 0.717) is 49.7 Å². The number of hydrogen-bond donors (Lipinski definition) is 0. The van der Waals surface area contributed by atoms with Crippen LogP contribution in [0, 0.1) is 11.8 Å². The van der Waals surface area contributed by atoms with Gasteiger partial charge in [-0.15, -0.1) is 5.10 Å². The Kier molecular flexibility index (Phi) is 8.35. The molecule has 0 aliphatic carbocycles. The number of rotatable bonds is 7. The topological polar surface area (TPSA) is 132 Å². The maximum absolute atomic E-state index is 13.4. The van der Waals surface area contributed by atoms with Gasteiger partial charge < -0.3 is 9.80 Å². The smallest absolute Gasteiger partial charge is 0.259 e. The molecule has 12 heteroatoms. The van der Waals surface area contributed by atoms with Crippen LogP contribution in [0.4, 0.5) is 11.6 Å². The van der Waals surface area contributed by atoms with Gasteiger partial charge in [-0.3, -0.25) is 33.1 Å². The summed E-state index contributed by atoms with van der Waals surface area (Å²) in [6, 6.07) is 16.0. The predicted molar refractivity (Wildman–Crippen MR) is 173 cm³/mol. The Hall–Kier alpha value is -5.39. The molecule has 1 aromatic carbocycles. The van der Waals surface area contributed by atoms with E-state index in [4.69, 9.17) is 0 Å². The van der Waals surface area contributed by atoms with Gasteiger partial charge in [0.15, 0.2) is 0 Å². The molecular weight excluding hydrogens is 586 g/mol. The zero-order valence-electron chi connectivity index (χ0n) is 26.0. The highest BCUT2D eigenvalue weighted by atomic mass is 16.2. The van der Waals surface area contributed by atoms with Crippen LogP contribution in [0.25, 0.3) is 11.1 Å². The van der Waals surface area contributed by atoms with E-state index in [9.17, 15) is 24.0 Å². The van der Waals surface area contributed by atoms with Crippen LogP contribution in [0.1, 0.15) is 42.4 Å². The number of fused-ring (bicyclic) bond motifs is 2. The molecule has 2 atom stereocenters. The molecule has 0 radical (unpaired) electrons. The lowest BCUT2D eigenvalue weighted by Gasteiger charge is -2.20. The third kappa shape index (κ3) is 5.85. The van der Waals surface area contributed by atoms with Gasteiger partial charge in [0.25, 0.3) is 11.1 Å². The lowest BCUT2D eigenvalue weighted by molar-refractivity contribution is -0.122. The van der Waals surface area contributed by atoms with Crippen molar-refractivity contribution in [3.8, 4) is 11.1 Å². The normalized spacial score (nSPS) is 18.3. The Balaban J connectivity index is 1.08. The lowest BCUT2D eigenvalue weighted by atomic mass is 10.0. The number of nitrogens with zero attached hydrogens (tertiary/aromatic N) is 7. The van der Waals surface area contributed by atoms with Gasteiger partial charge in [0.1, 0.15) is 18.0 Å². The average Bonchev–Trinajstić information content (AvgIpc) is 3.44. The molecule has 2 aliphatic rings. The zero-order valence-corrected chi connectivity index (χ0v) is 26.0. The minimum Gasteiger partial charge on any atom is -0.301 e. The van der Waals surface area contributed by atoms with Crippen molar-refractivity contribution in [2.24, 2.45) is 11.8 Å². The largest absolute Gasteiger partial charge is 0.301 e. The van der Waals surface area contributed by atoms with Crippen molar-refractivity contribution in [1.29, 1.82) is 0 Å². The van der Waals surface area contributed by atoms with Gasteiger partial charge in [-0.05, 0) is 42.2 Å². The summed E-state index contributed by atoms with van der Waals surface area (Å²) in [7, 11) is 3.35. The first-order valence-corrected chi connectivity index (χ1v) is 15.3. The summed E-state index contributed by atoms with van der Waals surface area (Å²) in [6.07, 6.45) is 5.99. The molecule has 0 unspecified atom stereocenters. The van der Waals surface area contributed by atoms with Gasteiger partial charge in [0.05, 0.1) is 12.5 Å². The van der Waals surface area contributed by atoms with E-state index in [0.717, 1.165) is 11.1 Å². The van der Waals surface area contributed by atoms with E-state index in [-0.39, 0.29) is 46.9 Å². The van der Waals surface area contributed by atoms with Crippen LogP contribution in [0.15, 0.2) is 82.7 Å². The van der Waals surface area contributed by atoms with Crippen molar-refractivity contribution >= 4 is 29.2 Å². The standard InChI is InChI=1S/C34H35N7O5/c1-22-16-18-41-29(37(2)32(22)44)15-14-26(34(41)46)24-12-10-23(11-13-24)20-39-21-35-31(36-39)27(42)7-4-6-25-17-19-40-28(38(3)33(25)45)8-5-9-30(40)43/h4-6,8-15,21-22,25H,7,16-20H2,1-3H3/b6-4+/t22-,25+/m1/s1. The fourth-order valence-electron chi connectivity index (χ4n) is 6.05. The maximum atomic E-state index is 13.4. The monoisotopic (exact) mass is 621 g/mol. The van der Waals surface area contributed by atoms with Gasteiger partial charge in [-0.2, -0.15) is 0 Å². The van der Waals surface area contributed by atoms with Crippen molar-refractivity contribution in [2.75, 3.05) is 23.9 Å². The first kappa shape index (κ1) is 30.6. The molecule has 0 bridgehead atoms. The summed E-state index contributed by atoms with van der Waals surface area (Å²) in [5.74, 6) is 0.221. The van der Waals surface area contributed by atoms with Crippen LogP contribution in [0.5, 0.6) is 0 Å². The van der Waals surface area contributed by atoms with Crippen LogP contribution in [-0.4, -0.2) is 55.6 Å². The second-order valence-corrected chi connectivity index (χ2v) is 11.8. The van der Waals surface area contributed by atoms with Crippen molar-refractivity contribution in [3.05, 3.63) is 105 Å². The molecule has 5 heterocycles. The molecule has 4 aromatic rings. The minimum atomic E-state index is -0.457. The summed E-state index contributed by atoms with van der Waals surface area (Å²) in [5, 5.41) is 4.34. The van der Waals surface area contributed by atoms with Crippen LogP contribution in [-0.2, 0) is 29.2 Å². The van der Waals surface area contributed by atoms with Gasteiger partial charge in [-0.1, -0.05) is 49.4 Å². The molecule has 2 amide bonds. The molecule has 3 aromatic heterocycles. The first-order valence-electron chi connectivity index (χ1n) is 15.3. The van der Waals surface area contributed by atoms with E-state index in [1.165, 1.54) is 17.3 Å². The molecule has 0 saturated heterocycles. The third-order valence-corrected chi connectivity index (χ3v) is 8.78. The lowest BCUT2D eigenvalue weighted by Crippen LogP contribution is -2.32. The molecule has 0 fully saturated rings. The Labute approximate surface area is 265 Å². The maximum Gasteiger partial charge on any atom is 0.259 e. The first-order chi connectivity index (χ1) is 22.1. The average molecular weight is 622 g/mol. The van der Waals surface area contributed by atoms with E-state index in [1.807, 2.05) is 37.3 Å². The van der Waals surface area contributed by atoms with E-state index in [1.54, 1.807) is 63.2 Å². The predicted octanol–water partition coefficient (Wildman–Crippen LogP) is 3.13. The molecule has 0 saturated carbocycles. The molecule has 46 heavy (non-hydrogen) atoms. The molecular formula is C34H35N7O5. The van der Waals surface area contributed by atoms with E-state index < -0.39 is 5.92 Å². The van der Waals surface area contributed by atoms with Crippen molar-refractivity contribution in [1.82, 2.24) is 23.9 Å². The van der Waals surface area contributed by atoms with Crippen LogP contribution in [0.3, 0.4) is 0 Å². The van der Waals surface area contributed by atoms with Crippen LogP contribution in [0.2, 0.25) is 0 Å². The number of ketones is 1. The van der Waals surface area contributed by atoms with Gasteiger partial charge in [0.2, 0.25) is 23.4 Å². The molecule has 12 nitrogen and oxygen atoms in total. The highest BCUT2D eigenvalue weighted by molar-refractivity contribution is 5.96. The zero-order chi connectivity index (χ0) is 32.5. The minimum absolute atomic E-state index is 0.00288. The van der Waals surface area contributed by atoms with Gasteiger partial charge in [-0.25, -0.2) is 9.67 Å². The third-order valence-electron chi connectivity index (χ3n) is 8.78. The van der Waals surface area contributed by atoms with E-state index >= 15 is 0 Å². The van der Waals surface area contributed by atoms with Crippen LogP contribution < -0.4 is 20.9 Å². The number of benzene rings is 1. The quantitative estimate of drug-likeness (QED) is 0.229. The van der Waals surface area contributed by atoms with Crippen molar-refractivity contribution in [2.45, 2.75) is 45.8 Å². The number of Topliss-reactive ketones (excluding diaryl/α,β-unsaturated/α-hetero) is 1. The van der Waals surface area contributed by atoms with Gasteiger partial charge in [0, 0.05) is 51.2 Å². The number of carbonyl (C=O) groups is 3. The SMILES string of the molecule is C[C@@H]1CCn2c(ccc(-c3ccc(Cn4cnc(C(=O)C/C=C/[C@H]5CCn6c(cccc6=O)N(C)C5=O)n4)cc3)c2=O)N(C)C1=O. The Morgan fingerprint density at radius 1 is 0.870 bits per heavy atom. The molecule has 6 rings (SSSR count). The summed E-state index contributed by atoms with van der Waals surface area (Å²) in [6.45, 7) is 3.15. The number of pyridine rings is 2. The van der Waals surface area contributed by atoms with Crippen LogP contribution >= 0.6 is 0 Å². The van der Waals surface area contributed by atoms with E-state index in [2.05, 4.69) is 10.1 Å². The van der Waals surface area contributed by atoms with Crippen molar-refractivity contribution in [3.63, 3.8) is 0 Å². The summed E-state index contributed by atoms with van der Waals surface area (Å²) in [4.78, 5) is 71.2. The number of aromatic nitrogens is 5. The summed E-state index contributed by atoms with van der Waals surface area (Å²) < 4.78 is 4.83. The second kappa shape index (κ2) is 12.5. The Morgan fingerprint density at radius 2 is 1.59 bits per heavy atom. The Morgan fingerprint density at radius 3 is 2.37 bits per heavy atom. The fourth-order valence-corrected chi connectivity index (χ4v) is 6.05.